The number of hydrogen-bond acceptors (Lipinski definition) is 6. The van der Waals surface area contributed by atoms with Gasteiger partial charge in [-0.2, -0.15) is 11.8 Å². The lowest BCUT2D eigenvalue weighted by Crippen LogP contribution is -2.53. The highest BCUT2D eigenvalue weighted by atomic mass is 32.2. The summed E-state index contributed by atoms with van der Waals surface area (Å²) in [6.45, 7) is 4.19. The van der Waals surface area contributed by atoms with Crippen molar-refractivity contribution in [2.24, 2.45) is 0 Å². The minimum Gasteiger partial charge on any atom is -0.340 e. The first-order valence-corrected chi connectivity index (χ1v) is 9.30. The predicted octanol–water partition coefficient (Wildman–Crippen LogP) is -0.116. The van der Waals surface area contributed by atoms with Crippen molar-refractivity contribution in [1.29, 1.82) is 0 Å². The molecule has 0 spiro atoms. The monoisotopic (exact) mass is 350 g/mol. The quantitative estimate of drug-likeness (QED) is 0.819. The Kier molecular flexibility index (Phi) is 5.73. The second kappa shape index (κ2) is 8.18. The number of piperazine rings is 1. The summed E-state index contributed by atoms with van der Waals surface area (Å²) in [5, 5.41) is 2.74. The number of anilines is 1. The molecular weight excluding hydrogens is 328 g/mol. The average Bonchev–Trinajstić information content (AvgIpc) is 2.67. The van der Waals surface area contributed by atoms with E-state index in [1.54, 1.807) is 23.4 Å². The summed E-state index contributed by atoms with van der Waals surface area (Å²) in [5.41, 5.74) is 0. The molecule has 0 radical (unpaired) electrons. The number of hydrogen-bond donors (Lipinski definition) is 1. The van der Waals surface area contributed by atoms with E-state index < -0.39 is 0 Å². The van der Waals surface area contributed by atoms with E-state index in [-0.39, 0.29) is 18.5 Å². The molecule has 3 heterocycles. The molecule has 0 aromatic carbocycles. The smallest absolute Gasteiger partial charge is 0.317 e. The van der Waals surface area contributed by atoms with Crippen LogP contribution in [0.2, 0.25) is 0 Å². The number of rotatable bonds is 3. The van der Waals surface area contributed by atoms with Crippen molar-refractivity contribution in [3.63, 3.8) is 0 Å². The second-order valence-electron chi connectivity index (χ2n) is 5.67. The van der Waals surface area contributed by atoms with Gasteiger partial charge < -0.3 is 20.0 Å². The molecule has 1 N–H and O–H groups in total. The van der Waals surface area contributed by atoms with Crippen molar-refractivity contribution in [3.8, 4) is 0 Å². The van der Waals surface area contributed by atoms with Crippen molar-refractivity contribution in [3.05, 3.63) is 18.5 Å². The zero-order chi connectivity index (χ0) is 16.8. The molecule has 0 bridgehead atoms. The van der Waals surface area contributed by atoms with E-state index in [0.29, 0.717) is 32.1 Å². The normalized spacial score (nSPS) is 18.4. The molecule has 0 atom stereocenters. The number of thioether (sulfide) groups is 1. The largest absolute Gasteiger partial charge is 0.340 e. The highest BCUT2D eigenvalue weighted by Gasteiger charge is 2.23. The molecule has 3 rings (SSSR count). The molecule has 1 aromatic rings. The molecule has 2 saturated heterocycles. The standard InChI is InChI=1S/C15H22N6O2S/c22-13(19-8-10-24-11-9-19)12-18-15(23)21-6-4-20(5-7-21)14-16-2-1-3-17-14/h1-3H,4-12H2,(H,18,23). The van der Waals surface area contributed by atoms with Gasteiger partial charge in [0.2, 0.25) is 11.9 Å². The second-order valence-corrected chi connectivity index (χ2v) is 6.90. The lowest BCUT2D eigenvalue weighted by atomic mass is 10.3. The van der Waals surface area contributed by atoms with Gasteiger partial charge in [-0.3, -0.25) is 4.79 Å². The van der Waals surface area contributed by atoms with Gasteiger partial charge in [0.15, 0.2) is 0 Å². The molecule has 0 saturated carbocycles. The van der Waals surface area contributed by atoms with Gasteiger partial charge in [0.1, 0.15) is 0 Å². The average molecular weight is 350 g/mol. The van der Waals surface area contributed by atoms with Gasteiger partial charge in [0.25, 0.3) is 0 Å². The van der Waals surface area contributed by atoms with Crippen LogP contribution >= 0.6 is 11.8 Å². The number of amides is 3. The van der Waals surface area contributed by atoms with Crippen molar-refractivity contribution < 1.29 is 9.59 Å². The SMILES string of the molecule is O=C(CNC(=O)N1CCN(c2ncccn2)CC1)N1CCSCC1. The van der Waals surface area contributed by atoms with Crippen LogP contribution in [-0.2, 0) is 4.79 Å². The molecule has 2 fully saturated rings. The fraction of sp³-hybridized carbons (Fsp3) is 0.600. The number of carbonyl (C=O) groups is 2. The molecule has 0 aliphatic carbocycles. The van der Waals surface area contributed by atoms with Crippen molar-refractivity contribution in [1.82, 2.24) is 25.1 Å². The minimum absolute atomic E-state index is 0.0000264. The number of nitrogens with one attached hydrogen (secondary N) is 1. The van der Waals surface area contributed by atoms with Gasteiger partial charge in [-0.05, 0) is 6.07 Å². The fourth-order valence-corrected chi connectivity index (χ4v) is 3.65. The van der Waals surface area contributed by atoms with Crippen LogP contribution < -0.4 is 10.2 Å². The molecular formula is C15H22N6O2S. The Balaban J connectivity index is 1.41. The third kappa shape index (κ3) is 4.28. The molecule has 1 aromatic heterocycles. The maximum Gasteiger partial charge on any atom is 0.317 e. The first kappa shape index (κ1) is 16.8. The number of carbonyl (C=O) groups excluding carboxylic acids is 2. The molecule has 9 heteroatoms. The van der Waals surface area contributed by atoms with Crippen LogP contribution in [0.1, 0.15) is 0 Å². The van der Waals surface area contributed by atoms with Gasteiger partial charge in [-0.1, -0.05) is 0 Å². The molecule has 24 heavy (non-hydrogen) atoms. The highest BCUT2D eigenvalue weighted by molar-refractivity contribution is 7.99. The Bertz CT molecular complexity index is 558. The van der Waals surface area contributed by atoms with Gasteiger partial charge in [-0.15, -0.1) is 0 Å². The Morgan fingerprint density at radius 3 is 2.33 bits per heavy atom. The van der Waals surface area contributed by atoms with Crippen LogP contribution in [0.15, 0.2) is 18.5 Å². The van der Waals surface area contributed by atoms with Gasteiger partial charge in [-0.25, -0.2) is 14.8 Å². The topological polar surface area (TPSA) is 81.7 Å². The molecule has 8 nitrogen and oxygen atoms in total. The number of aromatic nitrogens is 2. The fourth-order valence-electron chi connectivity index (χ4n) is 2.75. The van der Waals surface area contributed by atoms with Crippen LogP contribution in [-0.4, -0.2) is 89.0 Å². The van der Waals surface area contributed by atoms with E-state index in [9.17, 15) is 9.59 Å². The van der Waals surface area contributed by atoms with E-state index in [1.807, 2.05) is 16.7 Å². The summed E-state index contributed by atoms with van der Waals surface area (Å²) in [4.78, 5) is 38.4. The van der Waals surface area contributed by atoms with Crippen LogP contribution in [0.3, 0.4) is 0 Å². The van der Waals surface area contributed by atoms with Crippen LogP contribution in [0.4, 0.5) is 10.7 Å². The van der Waals surface area contributed by atoms with Crippen molar-refractivity contribution in [2.75, 3.05) is 62.2 Å². The first-order chi connectivity index (χ1) is 11.7. The Morgan fingerprint density at radius 2 is 1.67 bits per heavy atom. The summed E-state index contributed by atoms with van der Waals surface area (Å²) in [6, 6.07) is 1.61. The highest BCUT2D eigenvalue weighted by Crippen LogP contribution is 2.10. The minimum atomic E-state index is -0.177. The van der Waals surface area contributed by atoms with E-state index in [2.05, 4.69) is 20.2 Å². The van der Waals surface area contributed by atoms with Gasteiger partial charge in [0, 0.05) is 63.2 Å². The number of nitrogens with zero attached hydrogens (tertiary/aromatic N) is 5. The zero-order valence-corrected chi connectivity index (χ0v) is 14.4. The Labute approximate surface area is 145 Å². The van der Waals surface area contributed by atoms with E-state index in [1.165, 1.54) is 0 Å². The molecule has 130 valence electrons. The zero-order valence-electron chi connectivity index (χ0n) is 13.6. The Morgan fingerprint density at radius 1 is 1.00 bits per heavy atom. The molecule has 3 amide bonds. The van der Waals surface area contributed by atoms with E-state index in [0.717, 1.165) is 24.6 Å². The molecule has 2 aliphatic rings. The third-order valence-corrected chi connectivity index (χ3v) is 5.10. The van der Waals surface area contributed by atoms with Crippen molar-refractivity contribution >= 4 is 29.6 Å². The lowest BCUT2D eigenvalue weighted by molar-refractivity contribution is -0.129. The summed E-state index contributed by atoms with van der Waals surface area (Å²) < 4.78 is 0. The summed E-state index contributed by atoms with van der Waals surface area (Å²) in [7, 11) is 0. The maximum absolute atomic E-state index is 12.2. The van der Waals surface area contributed by atoms with Gasteiger partial charge >= 0.3 is 6.03 Å². The molecule has 2 aliphatic heterocycles. The lowest BCUT2D eigenvalue weighted by Gasteiger charge is -2.34. The summed E-state index contributed by atoms with van der Waals surface area (Å²) >= 11 is 1.86. The van der Waals surface area contributed by atoms with Crippen molar-refractivity contribution in [2.45, 2.75) is 0 Å². The van der Waals surface area contributed by atoms with E-state index in [4.69, 9.17) is 0 Å². The summed E-state index contributed by atoms with van der Waals surface area (Å²) in [5.74, 6) is 2.64. The third-order valence-electron chi connectivity index (χ3n) is 4.16. The van der Waals surface area contributed by atoms with Crippen LogP contribution in [0, 0.1) is 0 Å². The van der Waals surface area contributed by atoms with Crippen LogP contribution in [0.5, 0.6) is 0 Å². The van der Waals surface area contributed by atoms with Crippen LogP contribution in [0.25, 0.3) is 0 Å². The number of urea groups is 1. The van der Waals surface area contributed by atoms with E-state index >= 15 is 0 Å². The Hall–Kier alpha value is -2.03. The molecule has 0 unspecified atom stereocenters. The first-order valence-electron chi connectivity index (χ1n) is 8.14. The predicted molar refractivity (Wildman–Crippen MR) is 93.1 cm³/mol. The van der Waals surface area contributed by atoms with Gasteiger partial charge in [0.05, 0.1) is 6.54 Å². The maximum atomic E-state index is 12.2. The summed E-state index contributed by atoms with van der Waals surface area (Å²) in [6.07, 6.45) is 3.43.